The van der Waals surface area contributed by atoms with Crippen LogP contribution in [-0.4, -0.2) is 37.2 Å². The highest BCUT2D eigenvalue weighted by molar-refractivity contribution is 7.90. The molecular formula is C17H25NO5S. The molecule has 1 aromatic rings. The molecule has 1 aromatic carbocycles. The van der Waals surface area contributed by atoms with Gasteiger partial charge in [-0.15, -0.1) is 0 Å². The van der Waals surface area contributed by atoms with Crippen molar-refractivity contribution in [3.63, 3.8) is 0 Å². The van der Waals surface area contributed by atoms with E-state index in [1.54, 1.807) is 19.1 Å². The fourth-order valence-electron chi connectivity index (χ4n) is 2.37. The molecule has 0 heterocycles. The standard InChI is InChI=1S/C17H25NO5S/c1-6-12-7-8-13(9-14(12)24(5,22)23)16(21)18-17(4,11(2)3)10-15(19)20/h7-9,11H,6,10H2,1-5H3,(H,18,21)(H,19,20). The molecule has 134 valence electrons. The van der Waals surface area contributed by atoms with Crippen molar-refractivity contribution in [2.75, 3.05) is 6.26 Å². The average Bonchev–Trinajstić information content (AvgIpc) is 2.44. The van der Waals surface area contributed by atoms with E-state index in [-0.39, 0.29) is 22.8 Å². The fraction of sp³-hybridized carbons (Fsp3) is 0.529. The second-order valence-corrected chi connectivity index (χ2v) is 8.53. The number of hydrogen-bond acceptors (Lipinski definition) is 4. The molecule has 24 heavy (non-hydrogen) atoms. The number of nitrogens with one attached hydrogen (secondary N) is 1. The lowest BCUT2D eigenvalue weighted by Crippen LogP contribution is -2.51. The average molecular weight is 355 g/mol. The molecule has 0 aliphatic rings. The van der Waals surface area contributed by atoms with Gasteiger partial charge in [-0.05, 0) is 37.0 Å². The summed E-state index contributed by atoms with van der Waals surface area (Å²) < 4.78 is 23.8. The number of carboxylic acids is 1. The van der Waals surface area contributed by atoms with Crippen LogP contribution in [0.25, 0.3) is 0 Å². The van der Waals surface area contributed by atoms with E-state index >= 15 is 0 Å². The van der Waals surface area contributed by atoms with Crippen molar-refractivity contribution in [1.82, 2.24) is 5.32 Å². The maximum absolute atomic E-state index is 12.5. The molecule has 0 saturated carbocycles. The zero-order valence-corrected chi connectivity index (χ0v) is 15.5. The first kappa shape index (κ1) is 20.2. The zero-order chi connectivity index (χ0) is 18.7. The Morgan fingerprint density at radius 3 is 2.29 bits per heavy atom. The van der Waals surface area contributed by atoms with Gasteiger partial charge in [-0.25, -0.2) is 8.42 Å². The highest BCUT2D eigenvalue weighted by Crippen LogP contribution is 2.23. The van der Waals surface area contributed by atoms with Gasteiger partial charge < -0.3 is 10.4 Å². The second kappa shape index (κ2) is 7.34. The first-order chi connectivity index (χ1) is 10.9. The van der Waals surface area contributed by atoms with Gasteiger partial charge in [-0.2, -0.15) is 0 Å². The number of aryl methyl sites for hydroxylation is 1. The molecule has 1 rings (SSSR count). The van der Waals surface area contributed by atoms with Crippen molar-refractivity contribution >= 4 is 21.7 Å². The molecule has 0 spiro atoms. The third kappa shape index (κ3) is 4.80. The maximum Gasteiger partial charge on any atom is 0.305 e. The van der Waals surface area contributed by atoms with Crippen molar-refractivity contribution in [3.05, 3.63) is 29.3 Å². The molecular weight excluding hydrogens is 330 g/mol. The molecule has 0 saturated heterocycles. The minimum Gasteiger partial charge on any atom is -0.481 e. The molecule has 6 nitrogen and oxygen atoms in total. The Kier molecular flexibility index (Phi) is 6.16. The van der Waals surface area contributed by atoms with E-state index in [4.69, 9.17) is 5.11 Å². The van der Waals surface area contributed by atoms with Crippen molar-refractivity contribution < 1.29 is 23.1 Å². The van der Waals surface area contributed by atoms with Crippen LogP contribution >= 0.6 is 0 Å². The van der Waals surface area contributed by atoms with Gasteiger partial charge in [0.2, 0.25) is 0 Å². The highest BCUT2D eigenvalue weighted by Gasteiger charge is 2.33. The number of aliphatic carboxylic acids is 1. The molecule has 2 N–H and O–H groups in total. The Bertz CT molecular complexity index is 739. The van der Waals surface area contributed by atoms with Gasteiger partial charge in [-0.3, -0.25) is 9.59 Å². The van der Waals surface area contributed by atoms with Gasteiger partial charge >= 0.3 is 5.97 Å². The van der Waals surface area contributed by atoms with Crippen LogP contribution in [0.15, 0.2) is 23.1 Å². The Labute approximate surface area is 143 Å². The quantitative estimate of drug-likeness (QED) is 0.781. The SMILES string of the molecule is CCc1ccc(C(=O)NC(C)(CC(=O)O)C(C)C)cc1S(C)(=O)=O. The molecule has 0 aliphatic carbocycles. The number of carboxylic acid groups (broad SMARTS) is 1. The summed E-state index contributed by atoms with van der Waals surface area (Å²) in [6.07, 6.45) is 1.42. The van der Waals surface area contributed by atoms with Gasteiger partial charge in [0.1, 0.15) is 0 Å². The van der Waals surface area contributed by atoms with Gasteiger partial charge in [0.25, 0.3) is 5.91 Å². The van der Waals surface area contributed by atoms with Crippen molar-refractivity contribution in [1.29, 1.82) is 0 Å². The van der Waals surface area contributed by atoms with E-state index < -0.39 is 27.3 Å². The van der Waals surface area contributed by atoms with E-state index in [0.29, 0.717) is 12.0 Å². The first-order valence-electron chi connectivity index (χ1n) is 7.78. The lowest BCUT2D eigenvalue weighted by Gasteiger charge is -2.33. The summed E-state index contributed by atoms with van der Waals surface area (Å²) in [4.78, 5) is 23.7. The summed E-state index contributed by atoms with van der Waals surface area (Å²) in [6.45, 7) is 7.16. The Morgan fingerprint density at radius 1 is 1.29 bits per heavy atom. The molecule has 0 fully saturated rings. The normalized spacial score (nSPS) is 14.2. The number of rotatable bonds is 7. The third-order valence-electron chi connectivity index (χ3n) is 4.30. The van der Waals surface area contributed by atoms with E-state index in [1.165, 1.54) is 6.07 Å². The molecule has 1 unspecified atom stereocenters. The van der Waals surface area contributed by atoms with Crippen LogP contribution in [0.4, 0.5) is 0 Å². The number of carbonyl (C=O) groups is 2. The monoisotopic (exact) mass is 355 g/mol. The second-order valence-electron chi connectivity index (χ2n) is 6.55. The van der Waals surface area contributed by atoms with Gasteiger partial charge in [0.05, 0.1) is 16.9 Å². The molecule has 1 amide bonds. The zero-order valence-electron chi connectivity index (χ0n) is 14.7. The lowest BCUT2D eigenvalue weighted by molar-refractivity contribution is -0.138. The van der Waals surface area contributed by atoms with Crippen LogP contribution in [0.5, 0.6) is 0 Å². The summed E-state index contributed by atoms with van der Waals surface area (Å²) in [5, 5.41) is 11.8. The van der Waals surface area contributed by atoms with Crippen molar-refractivity contribution in [2.24, 2.45) is 5.92 Å². The summed E-state index contributed by atoms with van der Waals surface area (Å²) in [6, 6.07) is 4.53. The number of carbonyl (C=O) groups excluding carboxylic acids is 1. The summed E-state index contributed by atoms with van der Waals surface area (Å²) >= 11 is 0. The number of benzene rings is 1. The summed E-state index contributed by atoms with van der Waals surface area (Å²) in [5.74, 6) is -1.61. The number of amides is 1. The van der Waals surface area contributed by atoms with E-state index in [2.05, 4.69) is 5.32 Å². The third-order valence-corrected chi connectivity index (χ3v) is 5.48. The molecule has 0 radical (unpaired) electrons. The maximum atomic E-state index is 12.5. The summed E-state index contributed by atoms with van der Waals surface area (Å²) in [5.41, 5.74) is -0.0893. The van der Waals surface area contributed by atoms with Crippen molar-refractivity contribution in [2.45, 2.75) is 51.0 Å². The van der Waals surface area contributed by atoms with E-state index in [1.807, 2.05) is 20.8 Å². The van der Waals surface area contributed by atoms with Crippen LogP contribution in [-0.2, 0) is 21.1 Å². The largest absolute Gasteiger partial charge is 0.481 e. The van der Waals surface area contributed by atoms with E-state index in [9.17, 15) is 18.0 Å². The minimum atomic E-state index is -3.45. The molecule has 0 bridgehead atoms. The van der Waals surface area contributed by atoms with E-state index in [0.717, 1.165) is 6.26 Å². The Hall–Kier alpha value is -1.89. The van der Waals surface area contributed by atoms with Gasteiger partial charge in [0.15, 0.2) is 9.84 Å². The van der Waals surface area contributed by atoms with Gasteiger partial charge in [0, 0.05) is 11.8 Å². The fourth-order valence-corrected chi connectivity index (χ4v) is 3.40. The first-order valence-corrected chi connectivity index (χ1v) is 9.67. The molecule has 7 heteroatoms. The molecule has 1 atom stereocenters. The van der Waals surface area contributed by atoms with Crippen LogP contribution in [0.3, 0.4) is 0 Å². The Balaban J connectivity index is 3.22. The molecule has 0 aromatic heterocycles. The minimum absolute atomic E-state index is 0.109. The summed E-state index contributed by atoms with van der Waals surface area (Å²) in [7, 11) is -3.45. The predicted molar refractivity (Wildman–Crippen MR) is 91.9 cm³/mol. The topological polar surface area (TPSA) is 101 Å². The van der Waals surface area contributed by atoms with Crippen LogP contribution in [0.1, 0.15) is 50.0 Å². The highest BCUT2D eigenvalue weighted by atomic mass is 32.2. The van der Waals surface area contributed by atoms with Crippen LogP contribution < -0.4 is 5.32 Å². The smallest absolute Gasteiger partial charge is 0.305 e. The van der Waals surface area contributed by atoms with Crippen LogP contribution in [0.2, 0.25) is 0 Å². The van der Waals surface area contributed by atoms with Crippen molar-refractivity contribution in [3.8, 4) is 0 Å². The van der Waals surface area contributed by atoms with Crippen LogP contribution in [0, 0.1) is 5.92 Å². The Morgan fingerprint density at radius 2 is 1.88 bits per heavy atom. The predicted octanol–water partition coefficient (Wildman–Crippen LogP) is 2.27. The van der Waals surface area contributed by atoms with Gasteiger partial charge in [-0.1, -0.05) is 26.8 Å². The molecule has 0 aliphatic heterocycles. The number of sulfone groups is 1. The number of hydrogen-bond donors (Lipinski definition) is 2. The lowest BCUT2D eigenvalue weighted by atomic mass is 9.85.